The Balaban J connectivity index is 1.80. The van der Waals surface area contributed by atoms with Gasteiger partial charge in [-0.3, -0.25) is 9.69 Å². The number of carbonyl (C=O) groups is 1. The van der Waals surface area contributed by atoms with E-state index < -0.39 is 0 Å². The van der Waals surface area contributed by atoms with Crippen LogP contribution >= 0.6 is 11.6 Å². The number of hydrogen-bond donors (Lipinski definition) is 2. The molecule has 0 aliphatic carbocycles. The van der Waals surface area contributed by atoms with E-state index in [1.54, 1.807) is 18.2 Å². The Morgan fingerprint density at radius 1 is 1.60 bits per heavy atom. The molecule has 1 amide bonds. The van der Waals surface area contributed by atoms with Crippen molar-refractivity contribution in [1.82, 2.24) is 4.90 Å². The molecule has 1 unspecified atom stereocenters. The molecule has 1 aromatic carbocycles. The fraction of sp³-hybridized carbons (Fsp3) is 0.500. The van der Waals surface area contributed by atoms with E-state index in [4.69, 9.17) is 22.1 Å². The monoisotopic (exact) mass is 297 g/mol. The van der Waals surface area contributed by atoms with Crippen LogP contribution < -0.4 is 11.1 Å². The van der Waals surface area contributed by atoms with Crippen molar-refractivity contribution < 1.29 is 9.53 Å². The normalized spacial score (nSPS) is 19.8. The van der Waals surface area contributed by atoms with Crippen LogP contribution in [0.5, 0.6) is 0 Å². The third-order valence-electron chi connectivity index (χ3n) is 3.27. The number of benzene rings is 1. The van der Waals surface area contributed by atoms with Gasteiger partial charge < -0.3 is 15.8 Å². The maximum atomic E-state index is 11.9. The first kappa shape index (κ1) is 15.1. The van der Waals surface area contributed by atoms with E-state index in [1.807, 2.05) is 6.92 Å². The van der Waals surface area contributed by atoms with E-state index in [9.17, 15) is 4.79 Å². The van der Waals surface area contributed by atoms with Crippen LogP contribution in [-0.2, 0) is 9.53 Å². The number of anilines is 2. The number of amides is 1. The molecule has 0 aromatic heterocycles. The lowest BCUT2D eigenvalue weighted by atomic mass is 10.2. The summed E-state index contributed by atoms with van der Waals surface area (Å²) in [5.41, 5.74) is 6.88. The van der Waals surface area contributed by atoms with Crippen LogP contribution in [0.25, 0.3) is 0 Å². The van der Waals surface area contributed by atoms with E-state index >= 15 is 0 Å². The number of nitrogens with zero attached hydrogens (tertiary/aromatic N) is 1. The van der Waals surface area contributed by atoms with Crippen LogP contribution in [0.4, 0.5) is 11.4 Å². The Labute approximate surface area is 124 Å². The van der Waals surface area contributed by atoms with Gasteiger partial charge >= 0.3 is 0 Å². The fourth-order valence-electron chi connectivity index (χ4n) is 2.21. The van der Waals surface area contributed by atoms with E-state index in [1.165, 1.54) is 0 Å². The quantitative estimate of drug-likeness (QED) is 0.834. The summed E-state index contributed by atoms with van der Waals surface area (Å²) in [6.45, 7) is 5.25. The number of halogens is 1. The molecule has 6 heteroatoms. The first-order valence-corrected chi connectivity index (χ1v) is 7.11. The average molecular weight is 298 g/mol. The zero-order valence-electron chi connectivity index (χ0n) is 11.6. The number of nitrogens with two attached hydrogens (primary N) is 1. The third-order valence-corrected chi connectivity index (χ3v) is 3.50. The number of hydrogen-bond acceptors (Lipinski definition) is 4. The maximum absolute atomic E-state index is 11.9. The van der Waals surface area contributed by atoms with Gasteiger partial charge in [-0.25, -0.2) is 0 Å². The van der Waals surface area contributed by atoms with Crippen LogP contribution in [0.3, 0.4) is 0 Å². The summed E-state index contributed by atoms with van der Waals surface area (Å²) in [5.74, 6) is -0.0434. The highest BCUT2D eigenvalue weighted by atomic mass is 35.5. The van der Waals surface area contributed by atoms with Gasteiger partial charge in [-0.2, -0.15) is 0 Å². The van der Waals surface area contributed by atoms with Gasteiger partial charge in [-0.05, 0) is 25.1 Å². The fourth-order valence-corrected chi connectivity index (χ4v) is 2.39. The molecule has 5 nitrogen and oxygen atoms in total. The second-order valence-electron chi connectivity index (χ2n) is 5.01. The second kappa shape index (κ2) is 6.92. The first-order valence-electron chi connectivity index (χ1n) is 6.73. The Kier molecular flexibility index (Phi) is 5.23. The highest BCUT2D eigenvalue weighted by molar-refractivity contribution is 6.31. The second-order valence-corrected chi connectivity index (χ2v) is 5.45. The summed E-state index contributed by atoms with van der Waals surface area (Å²) >= 11 is 5.82. The predicted molar refractivity (Wildman–Crippen MR) is 81.0 cm³/mol. The number of rotatable bonds is 4. The number of morpholine rings is 1. The van der Waals surface area contributed by atoms with Crippen LogP contribution in [0.1, 0.15) is 13.3 Å². The lowest BCUT2D eigenvalue weighted by molar-refractivity contribution is -0.117. The Bertz CT molecular complexity index is 481. The number of carbonyl (C=O) groups excluding carboxylic acids is 1. The Morgan fingerprint density at radius 2 is 2.40 bits per heavy atom. The van der Waals surface area contributed by atoms with Crippen molar-refractivity contribution in [3.05, 3.63) is 23.2 Å². The van der Waals surface area contributed by atoms with Gasteiger partial charge in [0.1, 0.15) is 0 Å². The van der Waals surface area contributed by atoms with E-state index in [0.29, 0.717) is 22.8 Å². The van der Waals surface area contributed by atoms with E-state index in [0.717, 1.165) is 26.2 Å². The minimum Gasteiger partial charge on any atom is -0.397 e. The molecule has 3 N–H and O–H groups in total. The summed E-state index contributed by atoms with van der Waals surface area (Å²) in [4.78, 5) is 14.2. The van der Waals surface area contributed by atoms with Gasteiger partial charge in [0.15, 0.2) is 0 Å². The molecule has 1 atom stereocenters. The van der Waals surface area contributed by atoms with Crippen molar-refractivity contribution in [1.29, 1.82) is 0 Å². The summed E-state index contributed by atoms with van der Waals surface area (Å²) in [6.07, 6.45) is 0.674. The summed E-state index contributed by atoms with van der Waals surface area (Å²) < 4.78 is 5.47. The molecule has 1 aliphatic rings. The van der Waals surface area contributed by atoms with Gasteiger partial charge in [-0.1, -0.05) is 11.6 Å². The van der Waals surface area contributed by atoms with E-state index in [2.05, 4.69) is 10.2 Å². The highest BCUT2D eigenvalue weighted by Gasteiger charge is 2.17. The molecule has 0 radical (unpaired) electrons. The lowest BCUT2D eigenvalue weighted by Crippen LogP contribution is -2.42. The third kappa shape index (κ3) is 4.37. The Morgan fingerprint density at radius 3 is 3.10 bits per heavy atom. The number of nitrogen functional groups attached to an aromatic ring is 1. The van der Waals surface area contributed by atoms with Crippen molar-refractivity contribution in [2.75, 3.05) is 37.3 Å². The van der Waals surface area contributed by atoms with E-state index in [-0.39, 0.29) is 12.0 Å². The van der Waals surface area contributed by atoms with Crippen LogP contribution in [-0.4, -0.2) is 43.2 Å². The number of nitrogens with one attached hydrogen (secondary N) is 1. The molecule has 1 aliphatic heterocycles. The zero-order valence-corrected chi connectivity index (χ0v) is 12.3. The molecule has 0 saturated carbocycles. The standard InChI is InChI=1S/C14H20ClN3O2/c1-10-9-18(6-7-20-10)5-4-14(19)17-13-3-2-11(15)8-12(13)16/h2-3,8,10H,4-7,9,16H2,1H3,(H,17,19). The minimum absolute atomic E-state index is 0.0434. The predicted octanol–water partition coefficient (Wildman–Crippen LogP) is 1.97. The van der Waals surface area contributed by atoms with Gasteiger partial charge in [0.25, 0.3) is 0 Å². The van der Waals surface area contributed by atoms with Crippen molar-refractivity contribution in [3.63, 3.8) is 0 Å². The molecule has 1 aromatic rings. The van der Waals surface area contributed by atoms with Crippen LogP contribution in [0.15, 0.2) is 18.2 Å². The molecule has 20 heavy (non-hydrogen) atoms. The minimum atomic E-state index is -0.0434. The molecule has 1 saturated heterocycles. The van der Waals surface area contributed by atoms with Gasteiger partial charge in [-0.15, -0.1) is 0 Å². The average Bonchev–Trinajstić information content (AvgIpc) is 2.40. The van der Waals surface area contributed by atoms with Crippen molar-refractivity contribution in [3.8, 4) is 0 Å². The summed E-state index contributed by atoms with van der Waals surface area (Å²) in [6, 6.07) is 5.05. The van der Waals surface area contributed by atoms with Crippen molar-refractivity contribution in [2.45, 2.75) is 19.4 Å². The van der Waals surface area contributed by atoms with Gasteiger partial charge in [0, 0.05) is 31.1 Å². The molecule has 2 rings (SSSR count). The first-order chi connectivity index (χ1) is 9.54. The molecule has 1 fully saturated rings. The van der Waals surface area contributed by atoms with Gasteiger partial charge in [0.2, 0.25) is 5.91 Å². The molecule has 110 valence electrons. The maximum Gasteiger partial charge on any atom is 0.225 e. The lowest BCUT2D eigenvalue weighted by Gasteiger charge is -2.30. The number of ether oxygens (including phenoxy) is 1. The highest BCUT2D eigenvalue weighted by Crippen LogP contribution is 2.22. The SMILES string of the molecule is CC1CN(CCC(=O)Nc2ccc(Cl)cc2N)CCO1. The molecular weight excluding hydrogens is 278 g/mol. The van der Waals surface area contributed by atoms with Crippen LogP contribution in [0, 0.1) is 0 Å². The summed E-state index contributed by atoms with van der Waals surface area (Å²) in [7, 11) is 0. The zero-order chi connectivity index (χ0) is 14.5. The van der Waals surface area contributed by atoms with Crippen molar-refractivity contribution >= 4 is 28.9 Å². The smallest absolute Gasteiger partial charge is 0.225 e. The molecular formula is C14H20ClN3O2. The molecule has 0 spiro atoms. The van der Waals surface area contributed by atoms with Crippen molar-refractivity contribution in [2.24, 2.45) is 0 Å². The van der Waals surface area contributed by atoms with Crippen LogP contribution in [0.2, 0.25) is 5.02 Å². The molecule has 1 heterocycles. The summed E-state index contributed by atoms with van der Waals surface area (Å²) in [5, 5.41) is 3.37. The topological polar surface area (TPSA) is 67.6 Å². The molecule has 0 bridgehead atoms. The largest absolute Gasteiger partial charge is 0.397 e. The Hall–Kier alpha value is -1.30. The van der Waals surface area contributed by atoms with Gasteiger partial charge in [0.05, 0.1) is 24.1 Å².